The molecule has 2 N–H and O–H groups in total. The van der Waals surface area contributed by atoms with Crippen LogP contribution in [-0.2, 0) is 16.1 Å². The van der Waals surface area contributed by atoms with Crippen LogP contribution in [0.3, 0.4) is 0 Å². The Hall–Kier alpha value is -1.13. The number of benzene rings is 1. The number of esters is 1. The summed E-state index contributed by atoms with van der Waals surface area (Å²) in [6.07, 6.45) is 0.532. The van der Waals surface area contributed by atoms with Gasteiger partial charge in [-0.2, -0.15) is 0 Å². The van der Waals surface area contributed by atoms with Crippen LogP contribution in [0.2, 0.25) is 5.02 Å². The Bertz CT molecular complexity index is 403. The topological polar surface area (TPSA) is 52.3 Å². The predicted octanol–water partition coefficient (Wildman–Crippen LogP) is 2.90. The molecule has 1 rings (SSSR count). The Labute approximate surface area is 111 Å². The molecule has 1 unspecified atom stereocenters. The van der Waals surface area contributed by atoms with Gasteiger partial charge in [-0.25, -0.2) is 4.39 Å². The third-order valence-electron chi connectivity index (χ3n) is 2.45. The van der Waals surface area contributed by atoms with Crippen LogP contribution in [-0.4, -0.2) is 12.0 Å². The van der Waals surface area contributed by atoms with Gasteiger partial charge in [0.1, 0.15) is 18.5 Å². The van der Waals surface area contributed by atoms with Gasteiger partial charge in [-0.1, -0.05) is 31.5 Å². The summed E-state index contributed by atoms with van der Waals surface area (Å²) in [6.45, 7) is 3.72. The number of hydrogen-bond donors (Lipinski definition) is 1. The van der Waals surface area contributed by atoms with Crippen LogP contribution in [0.1, 0.15) is 25.8 Å². The van der Waals surface area contributed by atoms with Gasteiger partial charge in [0.05, 0.1) is 5.02 Å². The number of nitrogens with two attached hydrogens (primary N) is 1. The van der Waals surface area contributed by atoms with Crippen LogP contribution in [0.15, 0.2) is 18.2 Å². The summed E-state index contributed by atoms with van der Waals surface area (Å²) < 4.78 is 18.4. The van der Waals surface area contributed by atoms with E-state index in [0.717, 1.165) is 0 Å². The van der Waals surface area contributed by atoms with Crippen LogP contribution >= 0.6 is 11.6 Å². The fourth-order valence-electron chi connectivity index (χ4n) is 1.52. The zero-order chi connectivity index (χ0) is 13.7. The summed E-state index contributed by atoms with van der Waals surface area (Å²) in [5.74, 6) is -0.736. The number of ether oxygens (including phenoxy) is 1. The van der Waals surface area contributed by atoms with Crippen molar-refractivity contribution in [3.8, 4) is 0 Å². The van der Waals surface area contributed by atoms with Gasteiger partial charge in [0, 0.05) is 5.56 Å². The van der Waals surface area contributed by atoms with Crippen molar-refractivity contribution in [3.63, 3.8) is 0 Å². The van der Waals surface area contributed by atoms with Crippen molar-refractivity contribution in [2.24, 2.45) is 11.7 Å². The van der Waals surface area contributed by atoms with Crippen molar-refractivity contribution in [1.29, 1.82) is 0 Å². The van der Waals surface area contributed by atoms with E-state index >= 15 is 0 Å². The third-order valence-corrected chi connectivity index (χ3v) is 2.80. The molecule has 0 fully saturated rings. The zero-order valence-corrected chi connectivity index (χ0v) is 11.2. The van der Waals surface area contributed by atoms with Crippen molar-refractivity contribution in [2.45, 2.75) is 32.9 Å². The highest BCUT2D eigenvalue weighted by molar-refractivity contribution is 6.31. The molecule has 0 aliphatic carbocycles. The van der Waals surface area contributed by atoms with Crippen LogP contribution in [0.4, 0.5) is 4.39 Å². The first-order valence-corrected chi connectivity index (χ1v) is 6.14. The maximum absolute atomic E-state index is 13.4. The zero-order valence-electron chi connectivity index (χ0n) is 10.5. The van der Waals surface area contributed by atoms with E-state index in [1.165, 1.54) is 12.1 Å². The second-order valence-corrected chi connectivity index (χ2v) is 4.95. The molecule has 0 heterocycles. The van der Waals surface area contributed by atoms with Crippen molar-refractivity contribution in [2.75, 3.05) is 0 Å². The molecule has 0 bridgehead atoms. The van der Waals surface area contributed by atoms with Gasteiger partial charge in [0.2, 0.25) is 0 Å². The van der Waals surface area contributed by atoms with Gasteiger partial charge < -0.3 is 10.5 Å². The molecular weight excluding hydrogens is 257 g/mol. The van der Waals surface area contributed by atoms with Crippen molar-refractivity contribution < 1.29 is 13.9 Å². The standard InChI is InChI=1S/C13H17ClFNO2/c1-8(2)6-12(16)13(17)18-7-9-10(14)4-3-5-11(9)15/h3-5,8,12H,6-7,16H2,1-2H3. The van der Waals surface area contributed by atoms with Crippen molar-refractivity contribution >= 4 is 17.6 Å². The number of carbonyl (C=O) groups excluding carboxylic acids is 1. The lowest BCUT2D eigenvalue weighted by Crippen LogP contribution is -2.33. The maximum atomic E-state index is 13.4. The highest BCUT2D eigenvalue weighted by Gasteiger charge is 2.17. The van der Waals surface area contributed by atoms with Gasteiger partial charge in [0.15, 0.2) is 0 Å². The monoisotopic (exact) mass is 273 g/mol. The molecule has 0 saturated carbocycles. The van der Waals surface area contributed by atoms with E-state index in [0.29, 0.717) is 12.3 Å². The average molecular weight is 274 g/mol. The normalized spacial score (nSPS) is 12.6. The van der Waals surface area contributed by atoms with Gasteiger partial charge >= 0.3 is 5.97 Å². The SMILES string of the molecule is CC(C)CC(N)C(=O)OCc1c(F)cccc1Cl. The Balaban J connectivity index is 2.57. The van der Waals surface area contributed by atoms with E-state index < -0.39 is 17.8 Å². The molecule has 100 valence electrons. The molecule has 3 nitrogen and oxygen atoms in total. The van der Waals surface area contributed by atoms with E-state index in [-0.39, 0.29) is 17.2 Å². The number of hydrogen-bond acceptors (Lipinski definition) is 3. The quantitative estimate of drug-likeness (QED) is 0.839. The van der Waals surface area contributed by atoms with E-state index in [1.807, 2.05) is 13.8 Å². The summed E-state index contributed by atoms with van der Waals surface area (Å²) >= 11 is 5.81. The summed E-state index contributed by atoms with van der Waals surface area (Å²) in [7, 11) is 0. The summed E-state index contributed by atoms with van der Waals surface area (Å²) in [4.78, 5) is 11.6. The Kier molecular flexibility index (Phi) is 5.56. The summed E-state index contributed by atoms with van der Waals surface area (Å²) in [5.41, 5.74) is 5.83. The first-order chi connectivity index (χ1) is 8.41. The van der Waals surface area contributed by atoms with E-state index in [4.69, 9.17) is 22.1 Å². The predicted molar refractivity (Wildman–Crippen MR) is 68.6 cm³/mol. The molecule has 0 spiro atoms. The second kappa shape index (κ2) is 6.71. The summed E-state index contributed by atoms with van der Waals surface area (Å²) in [6, 6.07) is 3.62. The number of halogens is 2. The molecule has 0 aliphatic heterocycles. The van der Waals surface area contributed by atoms with Crippen LogP contribution in [0, 0.1) is 11.7 Å². The van der Waals surface area contributed by atoms with E-state index in [9.17, 15) is 9.18 Å². The number of rotatable bonds is 5. The molecule has 0 aromatic heterocycles. The molecule has 1 atom stereocenters. The third kappa shape index (κ3) is 4.27. The second-order valence-electron chi connectivity index (χ2n) is 4.54. The molecule has 1 aromatic carbocycles. The molecule has 1 aromatic rings. The Morgan fingerprint density at radius 3 is 2.72 bits per heavy atom. The minimum absolute atomic E-state index is 0.171. The molecule has 0 radical (unpaired) electrons. The highest BCUT2D eigenvalue weighted by Crippen LogP contribution is 2.20. The van der Waals surface area contributed by atoms with Crippen LogP contribution in [0.25, 0.3) is 0 Å². The fraction of sp³-hybridized carbons (Fsp3) is 0.462. The summed E-state index contributed by atoms with van der Waals surface area (Å²) in [5, 5.41) is 0.236. The van der Waals surface area contributed by atoms with E-state index in [1.54, 1.807) is 6.07 Å². The largest absolute Gasteiger partial charge is 0.459 e. The fourth-order valence-corrected chi connectivity index (χ4v) is 1.74. The lowest BCUT2D eigenvalue weighted by atomic mass is 10.1. The Morgan fingerprint density at radius 1 is 1.50 bits per heavy atom. The van der Waals surface area contributed by atoms with Gasteiger partial charge in [0.25, 0.3) is 0 Å². The molecule has 18 heavy (non-hydrogen) atoms. The molecule has 0 aliphatic rings. The molecule has 5 heteroatoms. The molecule has 0 saturated heterocycles. The maximum Gasteiger partial charge on any atom is 0.323 e. The van der Waals surface area contributed by atoms with Crippen LogP contribution in [0.5, 0.6) is 0 Å². The highest BCUT2D eigenvalue weighted by atomic mass is 35.5. The van der Waals surface area contributed by atoms with Crippen molar-refractivity contribution in [1.82, 2.24) is 0 Å². The first-order valence-electron chi connectivity index (χ1n) is 5.77. The molecular formula is C13H17ClFNO2. The van der Waals surface area contributed by atoms with Crippen molar-refractivity contribution in [3.05, 3.63) is 34.6 Å². The first kappa shape index (κ1) is 14.9. The Morgan fingerprint density at radius 2 is 2.17 bits per heavy atom. The van der Waals surface area contributed by atoms with Gasteiger partial charge in [-0.3, -0.25) is 4.79 Å². The minimum atomic E-state index is -0.685. The minimum Gasteiger partial charge on any atom is -0.459 e. The lowest BCUT2D eigenvalue weighted by molar-refractivity contribution is -0.147. The smallest absolute Gasteiger partial charge is 0.323 e. The molecule has 0 amide bonds. The van der Waals surface area contributed by atoms with Gasteiger partial charge in [-0.05, 0) is 24.5 Å². The lowest BCUT2D eigenvalue weighted by Gasteiger charge is -2.14. The van der Waals surface area contributed by atoms with Gasteiger partial charge in [-0.15, -0.1) is 0 Å². The average Bonchev–Trinajstić information content (AvgIpc) is 2.27. The number of carbonyl (C=O) groups is 1. The van der Waals surface area contributed by atoms with Crippen LogP contribution < -0.4 is 5.73 Å². The van der Waals surface area contributed by atoms with E-state index in [2.05, 4.69) is 0 Å².